The predicted molar refractivity (Wildman–Crippen MR) is 44.7 cm³/mol. The number of nitrogens with zero attached hydrogens (tertiary/aromatic N) is 1. The van der Waals surface area contributed by atoms with Crippen molar-refractivity contribution in [3.8, 4) is 5.75 Å². The number of aromatic nitrogens is 1. The van der Waals surface area contributed by atoms with Gasteiger partial charge in [0.15, 0.2) is 11.6 Å². The van der Waals surface area contributed by atoms with Crippen molar-refractivity contribution in [3.63, 3.8) is 0 Å². The number of rotatable bonds is 2. The SMILES string of the molecule is Nc1nc(N)c(C(F)F)cc1OC(F)(F)F. The van der Waals surface area contributed by atoms with Gasteiger partial charge in [0.2, 0.25) is 0 Å². The van der Waals surface area contributed by atoms with Gasteiger partial charge in [0.1, 0.15) is 5.82 Å². The smallest absolute Gasteiger partial charge is 0.402 e. The number of halogens is 5. The lowest BCUT2D eigenvalue weighted by atomic mass is 10.2. The van der Waals surface area contributed by atoms with Gasteiger partial charge in [-0.05, 0) is 6.07 Å². The van der Waals surface area contributed by atoms with E-state index in [9.17, 15) is 22.0 Å². The molecular formula is C7H6F5N3O. The average molecular weight is 243 g/mol. The summed E-state index contributed by atoms with van der Waals surface area (Å²) in [7, 11) is 0. The minimum absolute atomic E-state index is 0.413. The Labute approximate surface area is 86.0 Å². The molecule has 1 rings (SSSR count). The molecule has 0 aromatic carbocycles. The van der Waals surface area contributed by atoms with Crippen molar-refractivity contribution < 1.29 is 26.7 Å². The van der Waals surface area contributed by atoms with Crippen molar-refractivity contribution in [3.05, 3.63) is 11.6 Å². The number of alkyl halides is 5. The molecule has 9 heteroatoms. The van der Waals surface area contributed by atoms with Crippen LogP contribution >= 0.6 is 0 Å². The minimum atomic E-state index is -5.04. The van der Waals surface area contributed by atoms with E-state index in [-0.39, 0.29) is 0 Å². The van der Waals surface area contributed by atoms with Crippen molar-refractivity contribution in [1.82, 2.24) is 4.98 Å². The molecule has 4 N–H and O–H groups in total. The van der Waals surface area contributed by atoms with Gasteiger partial charge >= 0.3 is 6.36 Å². The van der Waals surface area contributed by atoms with Gasteiger partial charge in [0.05, 0.1) is 5.56 Å². The lowest BCUT2D eigenvalue weighted by Gasteiger charge is -2.12. The van der Waals surface area contributed by atoms with Crippen molar-refractivity contribution in [1.29, 1.82) is 0 Å². The molecular weight excluding hydrogens is 237 g/mol. The molecule has 1 aromatic rings. The Morgan fingerprint density at radius 2 is 1.75 bits per heavy atom. The van der Waals surface area contributed by atoms with Crippen LogP contribution in [0, 0.1) is 0 Å². The summed E-state index contributed by atoms with van der Waals surface area (Å²) in [6.07, 6.45) is -8.10. The second-order valence-electron chi connectivity index (χ2n) is 2.69. The second kappa shape index (κ2) is 3.99. The Balaban J connectivity index is 3.15. The van der Waals surface area contributed by atoms with E-state index in [1.807, 2.05) is 0 Å². The lowest BCUT2D eigenvalue weighted by Crippen LogP contribution is -2.19. The summed E-state index contributed by atoms with van der Waals surface area (Å²) in [5, 5.41) is 0. The Bertz CT molecular complexity index is 392. The number of nitrogen functional groups attached to an aromatic ring is 2. The first-order valence-electron chi connectivity index (χ1n) is 3.80. The predicted octanol–water partition coefficient (Wildman–Crippen LogP) is 2.08. The molecule has 0 saturated carbocycles. The van der Waals surface area contributed by atoms with Gasteiger partial charge in [-0.1, -0.05) is 0 Å². The fraction of sp³-hybridized carbons (Fsp3) is 0.286. The molecule has 0 radical (unpaired) electrons. The number of pyridine rings is 1. The molecule has 90 valence electrons. The second-order valence-corrected chi connectivity index (χ2v) is 2.69. The molecule has 0 aliphatic rings. The third kappa shape index (κ3) is 2.84. The molecule has 0 spiro atoms. The number of nitrogens with two attached hydrogens (primary N) is 2. The maximum Gasteiger partial charge on any atom is 0.573 e. The monoisotopic (exact) mass is 243 g/mol. The fourth-order valence-corrected chi connectivity index (χ4v) is 0.920. The lowest BCUT2D eigenvalue weighted by molar-refractivity contribution is -0.274. The standard InChI is InChI=1S/C7H6F5N3O/c8-4(9)2-1-3(16-7(10,11)12)6(14)15-5(2)13/h1,4H,(H4,13,14,15). The van der Waals surface area contributed by atoms with Crippen LogP contribution in [0.4, 0.5) is 33.6 Å². The topological polar surface area (TPSA) is 74.2 Å². The van der Waals surface area contributed by atoms with Crippen LogP contribution in [0.3, 0.4) is 0 Å². The van der Waals surface area contributed by atoms with Gasteiger partial charge in [0.25, 0.3) is 6.43 Å². The van der Waals surface area contributed by atoms with Crippen molar-refractivity contribution >= 4 is 11.6 Å². The number of hydrogen-bond donors (Lipinski definition) is 2. The Hall–Kier alpha value is -1.80. The first-order chi connectivity index (χ1) is 7.20. The molecule has 0 fully saturated rings. The molecule has 16 heavy (non-hydrogen) atoms. The molecule has 1 aromatic heterocycles. The van der Waals surface area contributed by atoms with Gasteiger partial charge in [-0.25, -0.2) is 13.8 Å². The number of ether oxygens (including phenoxy) is 1. The van der Waals surface area contributed by atoms with Crippen molar-refractivity contribution in [2.24, 2.45) is 0 Å². The summed E-state index contributed by atoms with van der Waals surface area (Å²) in [6.45, 7) is 0. The molecule has 4 nitrogen and oxygen atoms in total. The van der Waals surface area contributed by atoms with E-state index in [1.54, 1.807) is 0 Å². The third-order valence-corrected chi connectivity index (χ3v) is 1.54. The van der Waals surface area contributed by atoms with Crippen LogP contribution in [-0.2, 0) is 0 Å². The highest BCUT2D eigenvalue weighted by atomic mass is 19.4. The van der Waals surface area contributed by atoms with Gasteiger partial charge < -0.3 is 16.2 Å². The highest BCUT2D eigenvalue weighted by Crippen LogP contribution is 2.33. The maximum atomic E-state index is 12.3. The minimum Gasteiger partial charge on any atom is -0.402 e. The molecule has 0 bridgehead atoms. The number of anilines is 2. The van der Waals surface area contributed by atoms with Gasteiger partial charge in [-0.2, -0.15) is 0 Å². The van der Waals surface area contributed by atoms with Crippen LogP contribution in [0.1, 0.15) is 12.0 Å². The van der Waals surface area contributed by atoms with E-state index in [1.165, 1.54) is 0 Å². The average Bonchev–Trinajstić information content (AvgIpc) is 2.07. The molecule has 1 heterocycles. The van der Waals surface area contributed by atoms with Crippen LogP contribution in [0.15, 0.2) is 6.07 Å². The first kappa shape index (κ1) is 12.3. The van der Waals surface area contributed by atoms with Crippen LogP contribution in [0.2, 0.25) is 0 Å². The largest absolute Gasteiger partial charge is 0.573 e. The van der Waals surface area contributed by atoms with E-state index in [2.05, 4.69) is 9.72 Å². The van der Waals surface area contributed by atoms with Crippen LogP contribution in [-0.4, -0.2) is 11.3 Å². The van der Waals surface area contributed by atoms with E-state index < -0.39 is 35.7 Å². The zero-order chi connectivity index (χ0) is 12.5. The third-order valence-electron chi connectivity index (χ3n) is 1.54. The Morgan fingerprint density at radius 3 is 2.19 bits per heavy atom. The highest BCUT2D eigenvalue weighted by molar-refractivity contribution is 5.56. The summed E-state index contributed by atoms with van der Waals surface area (Å²) in [4.78, 5) is 3.13. The maximum absolute atomic E-state index is 12.3. The first-order valence-corrected chi connectivity index (χ1v) is 3.80. The molecule has 0 unspecified atom stereocenters. The van der Waals surface area contributed by atoms with E-state index in [0.29, 0.717) is 6.07 Å². The van der Waals surface area contributed by atoms with E-state index in [0.717, 1.165) is 0 Å². The van der Waals surface area contributed by atoms with Crippen molar-refractivity contribution in [2.75, 3.05) is 11.5 Å². The van der Waals surface area contributed by atoms with Gasteiger partial charge in [-0.15, -0.1) is 13.2 Å². The molecule has 0 amide bonds. The van der Waals surface area contributed by atoms with Crippen molar-refractivity contribution in [2.45, 2.75) is 12.8 Å². The summed E-state index contributed by atoms with van der Waals surface area (Å²) >= 11 is 0. The number of hydrogen-bond acceptors (Lipinski definition) is 4. The highest BCUT2D eigenvalue weighted by Gasteiger charge is 2.33. The van der Waals surface area contributed by atoms with Crippen LogP contribution in [0.25, 0.3) is 0 Å². The van der Waals surface area contributed by atoms with E-state index >= 15 is 0 Å². The molecule has 0 saturated heterocycles. The summed E-state index contributed by atoms with van der Waals surface area (Å²) in [5.74, 6) is -2.35. The summed E-state index contributed by atoms with van der Waals surface area (Å²) in [6, 6.07) is 0.413. The van der Waals surface area contributed by atoms with Crippen LogP contribution in [0.5, 0.6) is 5.75 Å². The van der Waals surface area contributed by atoms with Gasteiger partial charge in [0, 0.05) is 0 Å². The fourth-order valence-electron chi connectivity index (χ4n) is 0.920. The Kier molecular flexibility index (Phi) is 3.06. The summed E-state index contributed by atoms with van der Waals surface area (Å²) < 4.78 is 63.4. The molecule has 0 atom stereocenters. The van der Waals surface area contributed by atoms with E-state index in [4.69, 9.17) is 11.5 Å². The zero-order valence-electron chi connectivity index (χ0n) is 7.55. The normalized spacial score (nSPS) is 11.9. The molecule has 0 aliphatic heterocycles. The van der Waals surface area contributed by atoms with Crippen LogP contribution < -0.4 is 16.2 Å². The quantitative estimate of drug-likeness (QED) is 0.780. The molecule has 0 aliphatic carbocycles. The summed E-state index contributed by atoms with van der Waals surface area (Å²) in [5.41, 5.74) is 9.22. The zero-order valence-corrected chi connectivity index (χ0v) is 7.55. The van der Waals surface area contributed by atoms with Gasteiger partial charge in [-0.3, -0.25) is 0 Å². The Morgan fingerprint density at radius 1 is 1.19 bits per heavy atom.